The van der Waals surface area contributed by atoms with Crippen LogP contribution in [0.25, 0.3) is 11.5 Å². The van der Waals surface area contributed by atoms with Crippen molar-refractivity contribution in [2.24, 2.45) is 0 Å². The Labute approximate surface area is 172 Å². The molecule has 2 aliphatic rings. The summed E-state index contributed by atoms with van der Waals surface area (Å²) in [5.74, 6) is 0.614. The van der Waals surface area contributed by atoms with E-state index in [-0.39, 0.29) is 24.0 Å². The SMILES string of the molecule is Cc1noc(-c2cc(C(F)(F)F)cnc2N2CC[C@@H](NC3CCCCC3)[C@H](O)C2)n1. The van der Waals surface area contributed by atoms with Crippen molar-refractivity contribution < 1.29 is 22.8 Å². The van der Waals surface area contributed by atoms with E-state index in [1.807, 2.05) is 0 Å². The summed E-state index contributed by atoms with van der Waals surface area (Å²) in [4.78, 5) is 9.95. The lowest BCUT2D eigenvalue weighted by Gasteiger charge is -2.39. The highest BCUT2D eigenvalue weighted by molar-refractivity contribution is 5.71. The Bertz CT molecular complexity index is 866. The minimum atomic E-state index is -4.54. The summed E-state index contributed by atoms with van der Waals surface area (Å²) < 4.78 is 44.8. The summed E-state index contributed by atoms with van der Waals surface area (Å²) in [6, 6.07) is 1.37. The molecule has 0 radical (unpaired) electrons. The number of aromatic nitrogens is 3. The Morgan fingerprint density at radius 2 is 1.97 bits per heavy atom. The van der Waals surface area contributed by atoms with Crippen molar-refractivity contribution in [2.45, 2.75) is 69.8 Å². The van der Waals surface area contributed by atoms with Gasteiger partial charge in [0.15, 0.2) is 5.82 Å². The van der Waals surface area contributed by atoms with Crippen molar-refractivity contribution in [3.8, 4) is 11.5 Å². The molecular weight excluding hydrogens is 399 g/mol. The van der Waals surface area contributed by atoms with Crippen LogP contribution in [0.4, 0.5) is 19.0 Å². The van der Waals surface area contributed by atoms with Crippen molar-refractivity contribution in [2.75, 3.05) is 18.0 Å². The van der Waals surface area contributed by atoms with Gasteiger partial charge in [-0.2, -0.15) is 18.2 Å². The largest absolute Gasteiger partial charge is 0.417 e. The lowest BCUT2D eigenvalue weighted by Crippen LogP contribution is -2.55. The fourth-order valence-electron chi connectivity index (χ4n) is 4.32. The number of hydrogen-bond donors (Lipinski definition) is 2. The van der Waals surface area contributed by atoms with E-state index >= 15 is 0 Å². The number of halogens is 3. The number of aliphatic hydroxyl groups is 1. The zero-order valence-electron chi connectivity index (χ0n) is 16.8. The summed E-state index contributed by atoms with van der Waals surface area (Å²) in [6.07, 6.45) is 2.19. The molecule has 0 bridgehead atoms. The van der Waals surface area contributed by atoms with E-state index in [0.717, 1.165) is 25.1 Å². The van der Waals surface area contributed by atoms with Crippen molar-refractivity contribution in [1.82, 2.24) is 20.4 Å². The van der Waals surface area contributed by atoms with Gasteiger partial charge >= 0.3 is 6.18 Å². The van der Waals surface area contributed by atoms with Crippen molar-refractivity contribution >= 4 is 5.82 Å². The third kappa shape index (κ3) is 4.59. The summed E-state index contributed by atoms with van der Waals surface area (Å²) in [6.45, 7) is 2.42. The molecule has 30 heavy (non-hydrogen) atoms. The second kappa shape index (κ2) is 8.50. The number of hydrogen-bond acceptors (Lipinski definition) is 7. The number of anilines is 1. The number of pyridine rings is 1. The van der Waals surface area contributed by atoms with Crippen LogP contribution in [-0.4, -0.2) is 51.5 Å². The molecule has 1 aliphatic heterocycles. The lowest BCUT2D eigenvalue weighted by molar-refractivity contribution is -0.137. The summed E-state index contributed by atoms with van der Waals surface area (Å²) in [7, 11) is 0. The molecule has 0 spiro atoms. The van der Waals surface area contributed by atoms with Crippen LogP contribution in [0.5, 0.6) is 0 Å². The zero-order chi connectivity index (χ0) is 21.3. The number of nitrogens with one attached hydrogen (secondary N) is 1. The van der Waals surface area contributed by atoms with Crippen LogP contribution in [-0.2, 0) is 6.18 Å². The first-order valence-electron chi connectivity index (χ1n) is 10.4. The first-order chi connectivity index (χ1) is 14.3. The van der Waals surface area contributed by atoms with Gasteiger partial charge in [0, 0.05) is 31.4 Å². The van der Waals surface area contributed by atoms with Crippen molar-refractivity contribution in [3.63, 3.8) is 0 Å². The second-order valence-electron chi connectivity index (χ2n) is 8.15. The van der Waals surface area contributed by atoms with Gasteiger partial charge in [0.1, 0.15) is 5.82 Å². The summed E-state index contributed by atoms with van der Waals surface area (Å²) >= 11 is 0. The van der Waals surface area contributed by atoms with Gasteiger partial charge in [0.05, 0.1) is 17.2 Å². The lowest BCUT2D eigenvalue weighted by atomic mass is 9.92. The van der Waals surface area contributed by atoms with E-state index in [0.29, 0.717) is 30.6 Å². The van der Waals surface area contributed by atoms with Crippen LogP contribution in [0.15, 0.2) is 16.8 Å². The molecule has 4 rings (SSSR count). The number of aliphatic hydroxyl groups excluding tert-OH is 1. The van der Waals surface area contributed by atoms with Crippen LogP contribution in [0, 0.1) is 6.92 Å². The van der Waals surface area contributed by atoms with Gasteiger partial charge in [-0.05, 0) is 32.3 Å². The van der Waals surface area contributed by atoms with E-state index in [1.165, 1.54) is 19.3 Å². The Hall–Kier alpha value is -2.20. The topological polar surface area (TPSA) is 87.3 Å². The van der Waals surface area contributed by atoms with Crippen LogP contribution < -0.4 is 10.2 Å². The van der Waals surface area contributed by atoms with Crippen LogP contribution in [0.2, 0.25) is 0 Å². The number of rotatable bonds is 4. The minimum Gasteiger partial charge on any atom is -0.390 e. The maximum absolute atomic E-state index is 13.2. The van der Waals surface area contributed by atoms with Crippen molar-refractivity contribution in [1.29, 1.82) is 0 Å². The smallest absolute Gasteiger partial charge is 0.390 e. The third-order valence-electron chi connectivity index (χ3n) is 5.89. The highest BCUT2D eigenvalue weighted by Crippen LogP contribution is 2.36. The number of nitrogens with zero attached hydrogens (tertiary/aromatic N) is 4. The predicted octanol–water partition coefficient (Wildman–Crippen LogP) is 3.32. The number of piperidine rings is 1. The van der Waals surface area contributed by atoms with Crippen LogP contribution in [0.1, 0.15) is 49.9 Å². The van der Waals surface area contributed by atoms with E-state index in [2.05, 4.69) is 20.4 Å². The molecule has 2 N–H and O–H groups in total. The van der Waals surface area contributed by atoms with E-state index in [1.54, 1.807) is 11.8 Å². The Morgan fingerprint density at radius 1 is 1.20 bits per heavy atom. The zero-order valence-corrected chi connectivity index (χ0v) is 16.8. The van der Waals surface area contributed by atoms with Gasteiger partial charge in [-0.3, -0.25) is 0 Å². The van der Waals surface area contributed by atoms with Gasteiger partial charge in [-0.25, -0.2) is 4.98 Å². The molecule has 0 aromatic carbocycles. The van der Waals surface area contributed by atoms with E-state index in [4.69, 9.17) is 4.52 Å². The summed E-state index contributed by atoms with van der Waals surface area (Å²) in [5, 5.41) is 18.0. The number of β-amino-alcohol motifs (C(OH)–C–C–N with tert-alkyl or cyclic N) is 1. The first kappa shape index (κ1) is 21.0. The van der Waals surface area contributed by atoms with Gasteiger partial charge in [-0.1, -0.05) is 24.4 Å². The molecule has 2 aromatic rings. The maximum atomic E-state index is 13.2. The van der Waals surface area contributed by atoms with Gasteiger partial charge < -0.3 is 19.8 Å². The Kier molecular flexibility index (Phi) is 5.97. The first-order valence-corrected chi connectivity index (χ1v) is 10.4. The molecule has 0 amide bonds. The van der Waals surface area contributed by atoms with Gasteiger partial charge in [0.2, 0.25) is 0 Å². The molecule has 2 aromatic heterocycles. The normalized spacial score (nSPS) is 23.7. The molecule has 1 saturated carbocycles. The monoisotopic (exact) mass is 425 g/mol. The predicted molar refractivity (Wildman–Crippen MR) is 104 cm³/mol. The molecule has 10 heteroatoms. The second-order valence-corrected chi connectivity index (χ2v) is 8.15. The number of aryl methyl sites for hydroxylation is 1. The molecule has 7 nitrogen and oxygen atoms in total. The molecule has 164 valence electrons. The standard InChI is InChI=1S/C20H26F3N5O2/c1-12-25-19(30-27-12)15-9-13(20(21,22)23)10-24-18(15)28-8-7-16(17(29)11-28)26-14-5-3-2-4-6-14/h9-10,14,16-17,26,29H,2-8,11H2,1H3/t16-,17-/m1/s1. The fourth-order valence-corrected chi connectivity index (χ4v) is 4.32. The van der Waals surface area contributed by atoms with E-state index < -0.39 is 17.8 Å². The highest BCUT2D eigenvalue weighted by Gasteiger charge is 2.35. The average molecular weight is 425 g/mol. The Balaban J connectivity index is 1.55. The molecule has 3 heterocycles. The van der Waals surface area contributed by atoms with E-state index in [9.17, 15) is 18.3 Å². The Morgan fingerprint density at radius 3 is 2.60 bits per heavy atom. The van der Waals surface area contributed by atoms with Crippen LogP contribution in [0.3, 0.4) is 0 Å². The highest BCUT2D eigenvalue weighted by atomic mass is 19.4. The molecule has 1 saturated heterocycles. The maximum Gasteiger partial charge on any atom is 0.417 e. The fraction of sp³-hybridized carbons (Fsp3) is 0.650. The molecule has 2 atom stereocenters. The van der Waals surface area contributed by atoms with Gasteiger partial charge in [0.25, 0.3) is 5.89 Å². The number of alkyl halides is 3. The molecule has 1 aliphatic carbocycles. The summed E-state index contributed by atoms with van der Waals surface area (Å²) in [5.41, 5.74) is -0.761. The average Bonchev–Trinajstić information content (AvgIpc) is 3.15. The minimum absolute atomic E-state index is 0.0157. The van der Waals surface area contributed by atoms with Gasteiger partial charge in [-0.15, -0.1) is 0 Å². The third-order valence-corrected chi connectivity index (χ3v) is 5.89. The van der Waals surface area contributed by atoms with Crippen LogP contribution >= 0.6 is 0 Å². The molecule has 2 fully saturated rings. The quantitative estimate of drug-likeness (QED) is 0.777. The van der Waals surface area contributed by atoms with Crippen molar-refractivity contribution in [3.05, 3.63) is 23.7 Å². The molecule has 0 unspecified atom stereocenters. The molecular formula is C20H26F3N5O2.